The number of ether oxygens (including phenoxy) is 2. The van der Waals surface area contributed by atoms with Crippen LogP contribution in [0, 0.1) is 0 Å². The number of para-hydroxylation sites is 1. The molecule has 1 heterocycles. The van der Waals surface area contributed by atoms with Crippen LogP contribution in [0.15, 0.2) is 109 Å². The molecule has 3 amide bonds. The van der Waals surface area contributed by atoms with E-state index < -0.39 is 23.3 Å². The molecule has 2 N–H and O–H groups in total. The lowest BCUT2D eigenvalue weighted by Crippen LogP contribution is -2.54. The van der Waals surface area contributed by atoms with Crippen molar-refractivity contribution in [1.29, 1.82) is 0 Å². The van der Waals surface area contributed by atoms with Crippen LogP contribution in [0.3, 0.4) is 0 Å². The molecule has 9 nitrogen and oxygen atoms in total. The van der Waals surface area contributed by atoms with Gasteiger partial charge in [0.1, 0.15) is 11.8 Å². The number of hydrogen-bond donors (Lipinski definition) is 2. The van der Waals surface area contributed by atoms with Crippen molar-refractivity contribution in [2.24, 2.45) is 0 Å². The summed E-state index contributed by atoms with van der Waals surface area (Å²) in [6.45, 7) is 2.97. The number of methoxy groups -OCH3 is 1. The van der Waals surface area contributed by atoms with Gasteiger partial charge in [-0.1, -0.05) is 97.1 Å². The maximum Gasteiger partial charge on any atom is 0.328 e. The molecule has 4 aromatic carbocycles. The molecule has 0 spiro atoms. The average molecular weight is 688 g/mol. The third kappa shape index (κ3) is 7.53. The highest BCUT2D eigenvalue weighted by Crippen LogP contribution is 2.48. The predicted octanol–water partition coefficient (Wildman–Crippen LogP) is 5.57. The van der Waals surface area contributed by atoms with E-state index in [1.54, 1.807) is 32.2 Å². The van der Waals surface area contributed by atoms with E-state index in [0.717, 1.165) is 22.3 Å². The van der Waals surface area contributed by atoms with Gasteiger partial charge >= 0.3 is 5.97 Å². The maximum atomic E-state index is 14.8. The summed E-state index contributed by atoms with van der Waals surface area (Å²) in [5.41, 5.74) is 2.63. The lowest BCUT2D eigenvalue weighted by molar-refractivity contribution is -0.148. The minimum Gasteiger partial charge on any atom is -0.496 e. The van der Waals surface area contributed by atoms with Gasteiger partial charge in [0.05, 0.1) is 30.6 Å². The zero-order valence-corrected chi connectivity index (χ0v) is 29.2. The molecule has 0 aromatic heterocycles. The minimum absolute atomic E-state index is 0.0208. The van der Waals surface area contributed by atoms with Crippen LogP contribution >= 0.6 is 0 Å². The van der Waals surface area contributed by atoms with Crippen molar-refractivity contribution in [1.82, 2.24) is 15.5 Å². The van der Waals surface area contributed by atoms with Crippen molar-refractivity contribution in [3.63, 3.8) is 0 Å². The van der Waals surface area contributed by atoms with E-state index in [0.29, 0.717) is 50.1 Å². The molecule has 0 bridgehead atoms. The van der Waals surface area contributed by atoms with Crippen molar-refractivity contribution < 1.29 is 28.7 Å². The molecule has 1 aliphatic carbocycles. The third-order valence-corrected chi connectivity index (χ3v) is 10.2. The van der Waals surface area contributed by atoms with Crippen LogP contribution in [0.5, 0.6) is 5.75 Å². The number of likely N-dealkylation sites (tertiary alicyclic amines) is 1. The van der Waals surface area contributed by atoms with E-state index in [9.17, 15) is 19.2 Å². The summed E-state index contributed by atoms with van der Waals surface area (Å²) in [4.78, 5) is 57.2. The molecular weight excluding hydrogens is 642 g/mol. The van der Waals surface area contributed by atoms with Crippen molar-refractivity contribution in [3.8, 4) is 5.75 Å². The fourth-order valence-electron chi connectivity index (χ4n) is 7.61. The Kier molecular flexibility index (Phi) is 11.1. The Hall–Kier alpha value is -5.44. The smallest absolute Gasteiger partial charge is 0.328 e. The van der Waals surface area contributed by atoms with E-state index >= 15 is 0 Å². The fraction of sp³-hybridized carbons (Fsp3) is 0.333. The predicted molar refractivity (Wildman–Crippen MR) is 194 cm³/mol. The lowest BCUT2D eigenvalue weighted by Gasteiger charge is -2.43. The van der Waals surface area contributed by atoms with Gasteiger partial charge in [0, 0.05) is 25.6 Å². The quantitative estimate of drug-likeness (QED) is 0.200. The van der Waals surface area contributed by atoms with Crippen molar-refractivity contribution in [2.45, 2.75) is 62.4 Å². The summed E-state index contributed by atoms with van der Waals surface area (Å²) in [7, 11) is 1.54. The Labute approximate surface area is 299 Å². The van der Waals surface area contributed by atoms with Crippen LogP contribution in [0.25, 0.3) is 0 Å². The summed E-state index contributed by atoms with van der Waals surface area (Å²) >= 11 is 0. The largest absolute Gasteiger partial charge is 0.496 e. The highest BCUT2D eigenvalue weighted by molar-refractivity contribution is 5.98. The number of fused-ring (bicyclic) bond motifs is 1. The Morgan fingerprint density at radius 3 is 2.18 bits per heavy atom. The molecule has 0 saturated carbocycles. The third-order valence-electron chi connectivity index (χ3n) is 10.2. The number of esters is 1. The fourth-order valence-corrected chi connectivity index (χ4v) is 7.61. The second kappa shape index (κ2) is 16.1. The van der Waals surface area contributed by atoms with Crippen LogP contribution in [0.1, 0.15) is 71.1 Å². The van der Waals surface area contributed by atoms with Crippen LogP contribution in [0.4, 0.5) is 0 Å². The number of carbonyl (C=O) groups excluding carboxylic acids is 4. The molecule has 3 atom stereocenters. The standard InChI is InChI=1S/C42H45N3O6/c1-3-51-40(48)36(28-29-14-6-4-7-15-29)44-41(49)42(30-16-8-5-9-17-30)25-22-33(32-18-10-12-20-35(32)42)39(47)45-26-23-31(24-27-45)43-38(46)34-19-11-13-21-37(34)50-2/h4-21,31,33,36H,3,22-28H2,1-2H3,(H,43,46)(H,44,49)/t33-,36-,42+/m0/s1. The monoisotopic (exact) mass is 687 g/mol. The van der Waals surface area contributed by atoms with E-state index in [-0.39, 0.29) is 36.8 Å². The summed E-state index contributed by atoms with van der Waals surface area (Å²) in [5.74, 6) is -0.872. The normalized spacial score (nSPS) is 19.3. The lowest BCUT2D eigenvalue weighted by atomic mass is 9.62. The van der Waals surface area contributed by atoms with E-state index in [2.05, 4.69) is 10.6 Å². The molecule has 9 heteroatoms. The van der Waals surface area contributed by atoms with Crippen LogP contribution in [-0.2, 0) is 31.0 Å². The highest BCUT2D eigenvalue weighted by atomic mass is 16.5. The molecule has 0 unspecified atom stereocenters. The molecular formula is C42H45N3O6. The first-order valence-electron chi connectivity index (χ1n) is 17.7. The Bertz CT molecular complexity index is 1840. The molecule has 2 aliphatic rings. The topological polar surface area (TPSA) is 114 Å². The molecule has 0 radical (unpaired) electrons. The molecule has 4 aromatic rings. The van der Waals surface area contributed by atoms with Gasteiger partial charge in [-0.3, -0.25) is 14.4 Å². The number of carbonyl (C=O) groups is 4. The second-order valence-electron chi connectivity index (χ2n) is 13.2. The van der Waals surface area contributed by atoms with Gasteiger partial charge in [0.15, 0.2) is 0 Å². The SMILES string of the molecule is CCOC(=O)[C@H](Cc1ccccc1)NC(=O)[C@@]1(c2ccccc2)CC[C@H](C(=O)N2CCC(NC(=O)c3ccccc3OC)CC2)c2ccccc21. The van der Waals surface area contributed by atoms with Crippen LogP contribution in [0.2, 0.25) is 0 Å². The van der Waals surface area contributed by atoms with Gasteiger partial charge in [-0.25, -0.2) is 4.79 Å². The van der Waals surface area contributed by atoms with Crippen molar-refractivity contribution in [3.05, 3.63) is 137 Å². The number of benzene rings is 4. The molecule has 1 fully saturated rings. The highest BCUT2D eigenvalue weighted by Gasteiger charge is 2.49. The molecule has 1 saturated heterocycles. The zero-order valence-electron chi connectivity index (χ0n) is 29.2. The van der Waals surface area contributed by atoms with Gasteiger partial charge in [0.25, 0.3) is 5.91 Å². The number of piperidine rings is 1. The van der Waals surface area contributed by atoms with Crippen LogP contribution < -0.4 is 15.4 Å². The first kappa shape index (κ1) is 35.4. The Morgan fingerprint density at radius 2 is 1.47 bits per heavy atom. The summed E-state index contributed by atoms with van der Waals surface area (Å²) in [5, 5.41) is 6.21. The second-order valence-corrected chi connectivity index (χ2v) is 13.2. The number of amides is 3. The maximum absolute atomic E-state index is 14.8. The average Bonchev–Trinajstić information content (AvgIpc) is 3.18. The van der Waals surface area contributed by atoms with Gasteiger partial charge in [0.2, 0.25) is 11.8 Å². The molecule has 1 aliphatic heterocycles. The van der Waals surface area contributed by atoms with E-state index in [4.69, 9.17) is 9.47 Å². The molecule has 264 valence electrons. The summed E-state index contributed by atoms with van der Waals surface area (Å²) in [6, 6.07) is 33.1. The number of rotatable bonds is 11. The number of hydrogen-bond acceptors (Lipinski definition) is 6. The number of nitrogens with zero attached hydrogens (tertiary/aromatic N) is 1. The number of nitrogens with one attached hydrogen (secondary N) is 2. The molecule has 6 rings (SSSR count). The summed E-state index contributed by atoms with van der Waals surface area (Å²) in [6.07, 6.45) is 2.38. The van der Waals surface area contributed by atoms with Gasteiger partial charge in [-0.2, -0.15) is 0 Å². The van der Waals surface area contributed by atoms with E-state index in [1.807, 2.05) is 95.9 Å². The van der Waals surface area contributed by atoms with Gasteiger partial charge in [-0.05, 0) is 67.0 Å². The minimum atomic E-state index is -1.13. The Balaban J connectivity index is 1.23. The first-order chi connectivity index (χ1) is 24.8. The van der Waals surface area contributed by atoms with Gasteiger partial charge in [-0.15, -0.1) is 0 Å². The zero-order chi connectivity index (χ0) is 35.8. The summed E-state index contributed by atoms with van der Waals surface area (Å²) < 4.78 is 10.8. The Morgan fingerprint density at radius 1 is 0.824 bits per heavy atom. The molecule has 51 heavy (non-hydrogen) atoms. The van der Waals surface area contributed by atoms with Crippen molar-refractivity contribution >= 4 is 23.7 Å². The van der Waals surface area contributed by atoms with Gasteiger partial charge < -0.3 is 25.0 Å². The first-order valence-corrected chi connectivity index (χ1v) is 17.7. The van der Waals surface area contributed by atoms with Crippen molar-refractivity contribution in [2.75, 3.05) is 26.8 Å². The van der Waals surface area contributed by atoms with Crippen LogP contribution in [-0.4, -0.2) is 67.5 Å². The van der Waals surface area contributed by atoms with E-state index in [1.165, 1.54) is 0 Å².